The topological polar surface area (TPSA) is 49.4 Å². The van der Waals surface area contributed by atoms with Crippen LogP contribution in [-0.2, 0) is 15.8 Å². The van der Waals surface area contributed by atoms with Gasteiger partial charge in [0.1, 0.15) is 0 Å². The molecule has 0 bridgehead atoms. The Bertz CT molecular complexity index is 592. The minimum atomic E-state index is -3.33. The molecule has 23 heavy (non-hydrogen) atoms. The smallest absolute Gasteiger partial charge is 0.215 e. The zero-order chi connectivity index (χ0) is 16.7. The molecule has 0 aliphatic carbocycles. The van der Waals surface area contributed by atoms with Gasteiger partial charge in [0.15, 0.2) is 0 Å². The van der Waals surface area contributed by atoms with Crippen LogP contribution in [0, 0.1) is 0 Å². The molecule has 1 saturated heterocycles. The predicted molar refractivity (Wildman–Crippen MR) is 96.2 cm³/mol. The Morgan fingerprint density at radius 3 is 2.83 bits per heavy atom. The number of piperidine rings is 1. The molecule has 1 fully saturated rings. The quantitative estimate of drug-likeness (QED) is 0.724. The van der Waals surface area contributed by atoms with Gasteiger partial charge in [-0.3, -0.25) is 0 Å². The average Bonchev–Trinajstić information content (AvgIpc) is 2.54. The summed E-state index contributed by atoms with van der Waals surface area (Å²) < 4.78 is 27.0. The monoisotopic (exact) mass is 358 g/mol. The van der Waals surface area contributed by atoms with E-state index in [-0.39, 0.29) is 5.75 Å². The summed E-state index contributed by atoms with van der Waals surface area (Å²) in [6, 6.07) is 7.74. The van der Waals surface area contributed by atoms with E-state index < -0.39 is 10.0 Å². The molecular weight excluding hydrogens is 332 g/mol. The third-order valence-electron chi connectivity index (χ3n) is 4.47. The Labute approximate surface area is 145 Å². The van der Waals surface area contributed by atoms with E-state index in [4.69, 9.17) is 11.6 Å². The second-order valence-corrected chi connectivity index (χ2v) is 8.41. The van der Waals surface area contributed by atoms with Crippen LogP contribution in [0.3, 0.4) is 0 Å². The molecule has 1 aromatic carbocycles. The van der Waals surface area contributed by atoms with Crippen LogP contribution in [0.5, 0.6) is 0 Å². The predicted octanol–water partition coefficient (Wildman–Crippen LogP) is 3.41. The maximum atomic E-state index is 12.1. The Morgan fingerprint density at radius 1 is 1.30 bits per heavy atom. The molecule has 1 heterocycles. The van der Waals surface area contributed by atoms with Crippen LogP contribution < -0.4 is 4.72 Å². The van der Waals surface area contributed by atoms with Crippen molar-refractivity contribution in [2.45, 2.75) is 50.8 Å². The number of sulfonamides is 1. The van der Waals surface area contributed by atoms with E-state index in [1.165, 1.54) is 25.7 Å². The largest absolute Gasteiger partial charge is 0.300 e. The summed E-state index contributed by atoms with van der Waals surface area (Å²) in [7, 11) is -3.33. The minimum absolute atomic E-state index is 0.0615. The van der Waals surface area contributed by atoms with E-state index in [0.717, 1.165) is 19.5 Å². The Morgan fingerprint density at radius 2 is 2.09 bits per heavy atom. The Hall–Kier alpha value is -0.620. The zero-order valence-electron chi connectivity index (χ0n) is 13.8. The number of nitrogens with one attached hydrogen (secondary N) is 1. The van der Waals surface area contributed by atoms with Gasteiger partial charge in [-0.05, 0) is 50.4 Å². The summed E-state index contributed by atoms with van der Waals surface area (Å²) in [6.45, 7) is 4.83. The molecule has 4 nitrogen and oxygen atoms in total. The number of halogens is 1. The molecule has 6 heteroatoms. The number of nitrogens with zero attached hydrogens (tertiary/aromatic N) is 1. The van der Waals surface area contributed by atoms with Crippen molar-refractivity contribution in [3.8, 4) is 0 Å². The van der Waals surface area contributed by atoms with Crippen molar-refractivity contribution < 1.29 is 8.42 Å². The van der Waals surface area contributed by atoms with Crippen molar-refractivity contribution in [3.63, 3.8) is 0 Å². The first-order chi connectivity index (χ1) is 11.0. The SMILES string of the molecule is CC[C@@H]1CCCCN1CCCNS(=O)(=O)Cc1ccccc1Cl. The highest BCUT2D eigenvalue weighted by Gasteiger charge is 2.20. The highest BCUT2D eigenvalue weighted by Crippen LogP contribution is 2.19. The van der Waals surface area contributed by atoms with Crippen LogP contribution in [0.2, 0.25) is 5.02 Å². The number of hydrogen-bond donors (Lipinski definition) is 1. The first kappa shape index (κ1) is 18.7. The number of rotatable bonds is 8. The minimum Gasteiger partial charge on any atom is -0.300 e. The van der Waals surface area contributed by atoms with Gasteiger partial charge in [-0.25, -0.2) is 13.1 Å². The first-order valence-corrected chi connectivity index (χ1v) is 10.5. The molecular formula is C17H27ClN2O2S. The molecule has 0 radical (unpaired) electrons. The maximum Gasteiger partial charge on any atom is 0.215 e. The van der Waals surface area contributed by atoms with E-state index in [1.54, 1.807) is 24.3 Å². The molecule has 130 valence electrons. The molecule has 1 aromatic rings. The van der Waals surface area contributed by atoms with Gasteiger partial charge in [0, 0.05) is 17.6 Å². The second kappa shape index (κ2) is 9.02. The van der Waals surface area contributed by atoms with Crippen LogP contribution in [0.15, 0.2) is 24.3 Å². The van der Waals surface area contributed by atoms with E-state index in [9.17, 15) is 8.42 Å². The van der Waals surface area contributed by atoms with Crippen molar-refractivity contribution in [2.75, 3.05) is 19.6 Å². The highest BCUT2D eigenvalue weighted by molar-refractivity contribution is 7.88. The average molecular weight is 359 g/mol. The summed E-state index contributed by atoms with van der Waals surface area (Å²) in [5, 5.41) is 0.497. The van der Waals surface area contributed by atoms with Gasteiger partial charge in [-0.15, -0.1) is 0 Å². The fourth-order valence-corrected chi connectivity index (χ4v) is 4.70. The summed E-state index contributed by atoms with van der Waals surface area (Å²) in [5.74, 6) is -0.0615. The van der Waals surface area contributed by atoms with Crippen LogP contribution in [0.4, 0.5) is 0 Å². The fraction of sp³-hybridized carbons (Fsp3) is 0.647. The first-order valence-electron chi connectivity index (χ1n) is 8.46. The fourth-order valence-electron chi connectivity index (χ4n) is 3.20. The molecule has 0 unspecified atom stereocenters. The number of hydrogen-bond acceptors (Lipinski definition) is 3. The van der Waals surface area contributed by atoms with Crippen LogP contribution >= 0.6 is 11.6 Å². The van der Waals surface area contributed by atoms with E-state index in [1.807, 2.05) is 0 Å². The Balaban J connectivity index is 1.75. The van der Waals surface area contributed by atoms with Crippen molar-refractivity contribution in [3.05, 3.63) is 34.9 Å². The molecule has 0 saturated carbocycles. The van der Waals surface area contributed by atoms with Crippen molar-refractivity contribution in [2.24, 2.45) is 0 Å². The van der Waals surface area contributed by atoms with Gasteiger partial charge < -0.3 is 4.90 Å². The molecule has 1 aliphatic heterocycles. The van der Waals surface area contributed by atoms with Crippen LogP contribution in [0.25, 0.3) is 0 Å². The van der Waals surface area contributed by atoms with E-state index >= 15 is 0 Å². The van der Waals surface area contributed by atoms with E-state index in [2.05, 4.69) is 16.5 Å². The lowest BCUT2D eigenvalue weighted by molar-refractivity contribution is 0.143. The van der Waals surface area contributed by atoms with Gasteiger partial charge in [0.2, 0.25) is 10.0 Å². The highest BCUT2D eigenvalue weighted by atomic mass is 35.5. The third-order valence-corrected chi connectivity index (χ3v) is 6.17. The molecule has 2 rings (SSSR count). The van der Waals surface area contributed by atoms with Crippen molar-refractivity contribution in [1.29, 1.82) is 0 Å². The van der Waals surface area contributed by atoms with Gasteiger partial charge in [0.05, 0.1) is 5.75 Å². The Kier molecular flexibility index (Phi) is 7.34. The van der Waals surface area contributed by atoms with Gasteiger partial charge >= 0.3 is 0 Å². The lowest BCUT2D eigenvalue weighted by Gasteiger charge is -2.35. The summed E-state index contributed by atoms with van der Waals surface area (Å²) in [6.07, 6.45) is 5.87. The standard InChI is InChI=1S/C17H27ClN2O2S/c1-2-16-9-5-6-12-20(16)13-7-11-19-23(21,22)14-15-8-3-4-10-17(15)18/h3-4,8,10,16,19H,2,5-7,9,11-14H2,1H3/t16-/m1/s1. The van der Waals surface area contributed by atoms with Crippen molar-refractivity contribution in [1.82, 2.24) is 9.62 Å². The number of likely N-dealkylation sites (tertiary alicyclic amines) is 1. The van der Waals surface area contributed by atoms with Crippen LogP contribution in [-0.4, -0.2) is 39.0 Å². The zero-order valence-corrected chi connectivity index (χ0v) is 15.4. The molecule has 1 aliphatic rings. The van der Waals surface area contributed by atoms with Gasteiger partial charge in [-0.2, -0.15) is 0 Å². The van der Waals surface area contributed by atoms with Crippen molar-refractivity contribution >= 4 is 21.6 Å². The summed E-state index contributed by atoms with van der Waals surface area (Å²) >= 11 is 6.03. The van der Waals surface area contributed by atoms with E-state index in [0.29, 0.717) is 23.2 Å². The third kappa shape index (κ3) is 6.07. The molecule has 1 atom stereocenters. The number of benzene rings is 1. The summed E-state index contributed by atoms with van der Waals surface area (Å²) in [4.78, 5) is 2.51. The molecule has 0 aromatic heterocycles. The molecule has 1 N–H and O–H groups in total. The lowest BCUT2D eigenvalue weighted by Crippen LogP contribution is -2.40. The summed E-state index contributed by atoms with van der Waals surface area (Å²) in [5.41, 5.74) is 0.642. The van der Waals surface area contributed by atoms with Gasteiger partial charge in [-0.1, -0.05) is 43.1 Å². The molecule has 0 amide bonds. The molecule has 0 spiro atoms. The van der Waals surface area contributed by atoms with Crippen LogP contribution in [0.1, 0.15) is 44.6 Å². The lowest BCUT2D eigenvalue weighted by atomic mass is 10.00. The van der Waals surface area contributed by atoms with Gasteiger partial charge in [0.25, 0.3) is 0 Å². The second-order valence-electron chi connectivity index (χ2n) is 6.19. The normalized spacial score (nSPS) is 19.8. The maximum absolute atomic E-state index is 12.1.